The van der Waals surface area contributed by atoms with E-state index >= 15 is 0 Å². The van der Waals surface area contributed by atoms with E-state index in [9.17, 15) is 29.1 Å². The van der Waals surface area contributed by atoms with Gasteiger partial charge in [-0.15, -0.1) is 0 Å². The highest BCUT2D eigenvalue weighted by molar-refractivity contribution is 5.94. The number of carboxylic acids is 2. The summed E-state index contributed by atoms with van der Waals surface area (Å²) in [6.07, 6.45) is 0.454. The van der Waals surface area contributed by atoms with Crippen LogP contribution in [0.1, 0.15) is 60.3 Å². The Morgan fingerprint density at radius 2 is 1.26 bits per heavy atom. The van der Waals surface area contributed by atoms with Crippen molar-refractivity contribution in [3.63, 3.8) is 0 Å². The molecule has 0 aromatic carbocycles. The Bertz CT molecular complexity index is 653. The molecule has 0 radical (unpaired) electrons. The molecule has 0 aliphatic heterocycles. The van der Waals surface area contributed by atoms with Crippen molar-refractivity contribution in [3.05, 3.63) is 0 Å². The molecule has 0 aromatic rings. The minimum absolute atomic E-state index is 0.195. The summed E-state index contributed by atoms with van der Waals surface area (Å²) in [5.41, 5.74) is 5.50. The fourth-order valence-electron chi connectivity index (χ4n) is 2.72. The predicted octanol–water partition coefficient (Wildman–Crippen LogP) is -0.170. The SMILES string of the molecule is CCC(C)C(NC(=O)C(NC(=O)C(CCC(=O)O)NC(=O)C(C)N)C(C)CC)C(=O)O. The van der Waals surface area contributed by atoms with Crippen molar-refractivity contribution in [3.8, 4) is 0 Å². The van der Waals surface area contributed by atoms with E-state index in [1.165, 1.54) is 6.92 Å². The number of carbonyl (C=O) groups excluding carboxylic acids is 3. The van der Waals surface area contributed by atoms with Crippen molar-refractivity contribution in [2.24, 2.45) is 17.6 Å². The molecule has 0 saturated heterocycles. The van der Waals surface area contributed by atoms with E-state index in [1.807, 2.05) is 0 Å². The minimum atomic E-state index is -1.21. The lowest BCUT2D eigenvalue weighted by Gasteiger charge is -2.29. The van der Waals surface area contributed by atoms with Crippen molar-refractivity contribution in [1.82, 2.24) is 16.0 Å². The van der Waals surface area contributed by atoms with E-state index in [-0.39, 0.29) is 24.7 Å². The number of nitrogens with one attached hydrogen (secondary N) is 3. The number of amides is 3. The molecule has 6 unspecified atom stereocenters. The summed E-state index contributed by atoms with van der Waals surface area (Å²) in [5.74, 6) is -5.06. The van der Waals surface area contributed by atoms with E-state index in [1.54, 1.807) is 27.7 Å². The summed E-state index contributed by atoms with van der Waals surface area (Å²) in [6.45, 7) is 8.44. The second-order valence-electron chi connectivity index (χ2n) is 7.86. The summed E-state index contributed by atoms with van der Waals surface area (Å²) in [5, 5.41) is 25.8. The van der Waals surface area contributed by atoms with Crippen LogP contribution >= 0.6 is 0 Å². The van der Waals surface area contributed by atoms with Gasteiger partial charge in [0.2, 0.25) is 17.7 Å². The Balaban J connectivity index is 5.57. The van der Waals surface area contributed by atoms with Gasteiger partial charge in [-0.2, -0.15) is 0 Å². The highest BCUT2D eigenvalue weighted by Crippen LogP contribution is 2.13. The quantitative estimate of drug-likeness (QED) is 0.213. The van der Waals surface area contributed by atoms with E-state index in [0.29, 0.717) is 12.8 Å². The first kappa shape index (κ1) is 28.3. The maximum Gasteiger partial charge on any atom is 0.326 e. The highest BCUT2D eigenvalue weighted by Gasteiger charge is 2.33. The number of hydrogen-bond donors (Lipinski definition) is 6. The number of carboxylic acid groups (broad SMARTS) is 2. The maximum absolute atomic E-state index is 12.8. The minimum Gasteiger partial charge on any atom is -0.481 e. The second kappa shape index (κ2) is 13.6. The van der Waals surface area contributed by atoms with Gasteiger partial charge in [-0.3, -0.25) is 19.2 Å². The van der Waals surface area contributed by atoms with Crippen LogP contribution in [0.5, 0.6) is 0 Å². The summed E-state index contributed by atoms with van der Waals surface area (Å²) >= 11 is 0. The molecule has 11 nitrogen and oxygen atoms in total. The van der Waals surface area contributed by atoms with Crippen molar-refractivity contribution in [2.45, 2.75) is 84.5 Å². The van der Waals surface area contributed by atoms with Gasteiger partial charge in [0.05, 0.1) is 6.04 Å². The zero-order valence-electron chi connectivity index (χ0n) is 18.8. The Morgan fingerprint density at radius 1 is 0.774 bits per heavy atom. The molecule has 0 fully saturated rings. The zero-order chi connectivity index (χ0) is 24.3. The molecule has 178 valence electrons. The van der Waals surface area contributed by atoms with Crippen molar-refractivity contribution < 1.29 is 34.2 Å². The van der Waals surface area contributed by atoms with Crippen molar-refractivity contribution >= 4 is 29.7 Å². The molecule has 0 aromatic heterocycles. The molecule has 31 heavy (non-hydrogen) atoms. The van der Waals surface area contributed by atoms with Gasteiger partial charge in [0, 0.05) is 6.42 Å². The van der Waals surface area contributed by atoms with Crippen molar-refractivity contribution in [1.29, 1.82) is 0 Å². The zero-order valence-corrected chi connectivity index (χ0v) is 18.8. The standard InChI is InChI=1S/C20H36N4O7/c1-6-10(3)15(19(29)24-16(20(30)31)11(4)7-2)23-18(28)13(8-9-14(25)26)22-17(27)12(5)21/h10-13,15-16H,6-9,21H2,1-5H3,(H,22,27)(H,23,28)(H,24,29)(H,25,26)(H,30,31). The molecule has 0 spiro atoms. The van der Waals surface area contributed by atoms with Crippen LogP contribution in [0.3, 0.4) is 0 Å². The second-order valence-corrected chi connectivity index (χ2v) is 7.86. The molecule has 0 aliphatic carbocycles. The molecule has 0 aliphatic rings. The Morgan fingerprint density at radius 3 is 1.68 bits per heavy atom. The van der Waals surface area contributed by atoms with Crippen LogP contribution in [-0.2, 0) is 24.0 Å². The lowest BCUT2D eigenvalue weighted by molar-refractivity contribution is -0.144. The summed E-state index contributed by atoms with van der Waals surface area (Å²) in [6, 6.07) is -4.32. The van der Waals surface area contributed by atoms with E-state index in [4.69, 9.17) is 10.8 Å². The first-order valence-electron chi connectivity index (χ1n) is 10.5. The molecule has 0 rings (SSSR count). The molecule has 3 amide bonds. The average molecular weight is 445 g/mol. The van der Waals surface area contributed by atoms with Crippen molar-refractivity contribution in [2.75, 3.05) is 0 Å². The molecule has 7 N–H and O–H groups in total. The molecular weight excluding hydrogens is 408 g/mol. The summed E-state index contributed by atoms with van der Waals surface area (Å²) in [7, 11) is 0. The van der Waals surface area contributed by atoms with E-state index < -0.39 is 53.8 Å². The first-order chi connectivity index (χ1) is 14.3. The fourth-order valence-corrected chi connectivity index (χ4v) is 2.72. The van der Waals surface area contributed by atoms with Gasteiger partial charge in [-0.25, -0.2) is 4.79 Å². The molecule has 0 bridgehead atoms. The van der Waals surface area contributed by atoms with Crippen LogP contribution in [0.4, 0.5) is 0 Å². The largest absolute Gasteiger partial charge is 0.481 e. The third-order valence-corrected chi connectivity index (χ3v) is 5.26. The fraction of sp³-hybridized carbons (Fsp3) is 0.750. The summed E-state index contributed by atoms with van der Waals surface area (Å²) in [4.78, 5) is 60.0. The smallest absolute Gasteiger partial charge is 0.326 e. The van der Waals surface area contributed by atoms with E-state index in [0.717, 1.165) is 0 Å². The number of carbonyl (C=O) groups is 5. The lowest BCUT2D eigenvalue weighted by Crippen LogP contribution is -2.59. The Labute approximate surface area is 182 Å². The number of hydrogen-bond acceptors (Lipinski definition) is 6. The Hall–Kier alpha value is -2.69. The highest BCUT2D eigenvalue weighted by atomic mass is 16.4. The molecular formula is C20H36N4O7. The van der Waals surface area contributed by atoms with Gasteiger partial charge in [0.15, 0.2) is 0 Å². The van der Waals surface area contributed by atoms with Gasteiger partial charge in [0.25, 0.3) is 0 Å². The van der Waals surface area contributed by atoms with Gasteiger partial charge >= 0.3 is 11.9 Å². The number of rotatable bonds is 14. The first-order valence-corrected chi connectivity index (χ1v) is 10.5. The van der Waals surface area contributed by atoms with Crippen LogP contribution < -0.4 is 21.7 Å². The van der Waals surface area contributed by atoms with Crippen LogP contribution in [0, 0.1) is 11.8 Å². The van der Waals surface area contributed by atoms with E-state index in [2.05, 4.69) is 16.0 Å². The Kier molecular flexibility index (Phi) is 12.4. The third kappa shape index (κ3) is 9.77. The van der Waals surface area contributed by atoms with Gasteiger partial charge in [0.1, 0.15) is 18.1 Å². The van der Waals surface area contributed by atoms with Gasteiger partial charge in [-0.1, -0.05) is 40.5 Å². The van der Waals surface area contributed by atoms with Crippen LogP contribution in [0.15, 0.2) is 0 Å². The normalized spacial score (nSPS) is 16.7. The monoisotopic (exact) mass is 444 g/mol. The molecule has 0 saturated carbocycles. The van der Waals surface area contributed by atoms with Crippen LogP contribution in [0.25, 0.3) is 0 Å². The lowest BCUT2D eigenvalue weighted by atomic mass is 9.95. The number of nitrogens with two attached hydrogens (primary N) is 1. The van der Waals surface area contributed by atoms with Gasteiger partial charge < -0.3 is 31.9 Å². The molecule has 0 heterocycles. The van der Waals surface area contributed by atoms with Gasteiger partial charge in [-0.05, 0) is 25.2 Å². The predicted molar refractivity (Wildman–Crippen MR) is 113 cm³/mol. The maximum atomic E-state index is 12.8. The topological polar surface area (TPSA) is 188 Å². The third-order valence-electron chi connectivity index (χ3n) is 5.26. The molecule has 11 heteroatoms. The summed E-state index contributed by atoms with van der Waals surface area (Å²) < 4.78 is 0. The van der Waals surface area contributed by atoms with Crippen LogP contribution in [0.2, 0.25) is 0 Å². The average Bonchev–Trinajstić information content (AvgIpc) is 2.70. The van der Waals surface area contributed by atoms with Crippen LogP contribution in [-0.4, -0.2) is 64.0 Å². The number of aliphatic carboxylic acids is 2. The molecule has 6 atom stereocenters.